The summed E-state index contributed by atoms with van der Waals surface area (Å²) >= 11 is 0. The van der Waals surface area contributed by atoms with Crippen LogP contribution >= 0.6 is 0 Å². The van der Waals surface area contributed by atoms with E-state index in [0.29, 0.717) is 17.7 Å². The van der Waals surface area contributed by atoms with E-state index in [1.54, 1.807) is 12.1 Å². The van der Waals surface area contributed by atoms with Gasteiger partial charge in [0.25, 0.3) is 0 Å². The molecule has 0 N–H and O–H groups in total. The number of rotatable bonds is 9. The van der Waals surface area contributed by atoms with Crippen LogP contribution in [0.25, 0.3) is 0 Å². The van der Waals surface area contributed by atoms with E-state index < -0.39 is 30.0 Å². The molecule has 142 valence electrons. The molecule has 1 nitrogen and oxygen atoms in total. The average Bonchev–Trinajstić information content (AvgIpc) is 2.59. The lowest BCUT2D eigenvalue weighted by molar-refractivity contribution is -0.244. The average molecular weight is 372 g/mol. The number of unbranched alkanes of at least 4 members (excludes halogenated alkanes) is 2. The van der Waals surface area contributed by atoms with Crippen LogP contribution in [-0.4, -0.2) is 6.11 Å². The van der Waals surface area contributed by atoms with Gasteiger partial charge in [-0.1, -0.05) is 44.0 Å². The molecule has 0 saturated carbocycles. The van der Waals surface area contributed by atoms with E-state index in [2.05, 4.69) is 11.7 Å². The molecule has 26 heavy (non-hydrogen) atoms. The molecule has 0 saturated heterocycles. The fraction of sp³-hybridized carbons (Fsp3) is 0.400. The number of ether oxygens (including phenoxy) is 1. The Kier molecular flexibility index (Phi) is 7.14. The van der Waals surface area contributed by atoms with E-state index in [9.17, 15) is 22.0 Å². The summed E-state index contributed by atoms with van der Waals surface area (Å²) in [6.07, 6.45) is -0.390. The molecular formula is C20H21F5O. The van der Waals surface area contributed by atoms with Gasteiger partial charge < -0.3 is 4.74 Å². The second kappa shape index (κ2) is 9.12. The minimum absolute atomic E-state index is 0.339. The second-order valence-electron chi connectivity index (χ2n) is 6.25. The van der Waals surface area contributed by atoms with Crippen molar-refractivity contribution in [3.8, 4) is 0 Å². The predicted octanol–water partition coefficient (Wildman–Crippen LogP) is 6.19. The highest BCUT2D eigenvalue weighted by molar-refractivity contribution is 5.22. The normalized spacial score (nSPS) is 11.8. The van der Waals surface area contributed by atoms with Crippen LogP contribution in [0.4, 0.5) is 22.0 Å². The highest BCUT2D eigenvalue weighted by Crippen LogP contribution is 2.25. The van der Waals surface area contributed by atoms with Crippen LogP contribution in [0.5, 0.6) is 0 Å². The van der Waals surface area contributed by atoms with Crippen molar-refractivity contribution in [2.24, 2.45) is 0 Å². The maximum absolute atomic E-state index is 13.9. The van der Waals surface area contributed by atoms with Gasteiger partial charge in [0.1, 0.15) is 0 Å². The van der Waals surface area contributed by atoms with Gasteiger partial charge in [0, 0.05) is 0 Å². The molecule has 0 aliphatic rings. The molecule has 0 spiro atoms. The maximum atomic E-state index is 13.9. The van der Waals surface area contributed by atoms with Crippen molar-refractivity contribution in [2.45, 2.75) is 51.7 Å². The maximum Gasteiger partial charge on any atom is 0.360 e. The Balaban J connectivity index is 1.91. The first-order chi connectivity index (χ1) is 12.3. The van der Waals surface area contributed by atoms with Crippen LogP contribution in [0.3, 0.4) is 0 Å². The van der Waals surface area contributed by atoms with Crippen molar-refractivity contribution in [2.75, 3.05) is 0 Å². The summed E-state index contributed by atoms with van der Waals surface area (Å²) in [6.45, 7) is 1.78. The minimum Gasteiger partial charge on any atom is -0.315 e. The van der Waals surface area contributed by atoms with Gasteiger partial charge in [-0.15, -0.1) is 0 Å². The van der Waals surface area contributed by atoms with Crippen molar-refractivity contribution >= 4 is 0 Å². The molecule has 0 heterocycles. The minimum atomic E-state index is -3.63. The fourth-order valence-corrected chi connectivity index (χ4v) is 2.57. The standard InChI is InChI=1S/C20H21F5O/c1-2-3-4-5-14-6-8-15(9-7-14)13-26-20(24,25)12-16-10-17(21)19(23)18(22)11-16/h6-11H,2-5,12-13H2,1H3. The van der Waals surface area contributed by atoms with Gasteiger partial charge in [-0.05, 0) is 41.7 Å². The van der Waals surface area contributed by atoms with Gasteiger partial charge in [-0.25, -0.2) is 13.2 Å². The summed E-state index contributed by atoms with van der Waals surface area (Å²) < 4.78 is 71.5. The Hall–Kier alpha value is -1.95. The van der Waals surface area contributed by atoms with Crippen LogP contribution < -0.4 is 0 Å². The molecule has 0 unspecified atom stereocenters. The van der Waals surface area contributed by atoms with Crippen LogP contribution in [0.2, 0.25) is 0 Å². The Bertz CT molecular complexity index is 690. The van der Waals surface area contributed by atoms with Crippen LogP contribution in [0, 0.1) is 17.5 Å². The highest BCUT2D eigenvalue weighted by Gasteiger charge is 2.31. The van der Waals surface area contributed by atoms with Gasteiger partial charge in [0.15, 0.2) is 17.5 Å². The first-order valence-corrected chi connectivity index (χ1v) is 8.54. The van der Waals surface area contributed by atoms with Crippen LogP contribution in [-0.2, 0) is 24.2 Å². The lowest BCUT2D eigenvalue weighted by Crippen LogP contribution is -2.24. The topological polar surface area (TPSA) is 9.23 Å². The third-order valence-corrected chi connectivity index (χ3v) is 4.00. The quantitative estimate of drug-likeness (QED) is 0.290. The summed E-state index contributed by atoms with van der Waals surface area (Å²) in [4.78, 5) is 0. The fourth-order valence-electron chi connectivity index (χ4n) is 2.57. The molecule has 6 heteroatoms. The lowest BCUT2D eigenvalue weighted by atomic mass is 10.1. The van der Waals surface area contributed by atoms with Gasteiger partial charge >= 0.3 is 6.11 Å². The molecular weight excluding hydrogens is 351 g/mol. The van der Waals surface area contributed by atoms with Gasteiger partial charge in [-0.2, -0.15) is 8.78 Å². The van der Waals surface area contributed by atoms with E-state index in [4.69, 9.17) is 0 Å². The number of alkyl halides is 2. The van der Waals surface area contributed by atoms with E-state index in [1.165, 1.54) is 0 Å². The largest absolute Gasteiger partial charge is 0.360 e. The number of hydrogen-bond donors (Lipinski definition) is 0. The van der Waals surface area contributed by atoms with Crippen molar-refractivity contribution in [1.82, 2.24) is 0 Å². The Morgan fingerprint density at radius 2 is 1.42 bits per heavy atom. The molecule has 0 bridgehead atoms. The zero-order valence-corrected chi connectivity index (χ0v) is 14.5. The van der Waals surface area contributed by atoms with E-state index in [1.807, 2.05) is 12.1 Å². The molecule has 0 fully saturated rings. The second-order valence-corrected chi connectivity index (χ2v) is 6.25. The van der Waals surface area contributed by atoms with E-state index in [-0.39, 0.29) is 12.2 Å². The van der Waals surface area contributed by atoms with E-state index >= 15 is 0 Å². The Morgan fingerprint density at radius 1 is 0.846 bits per heavy atom. The SMILES string of the molecule is CCCCCc1ccc(COC(F)(F)Cc2cc(F)c(F)c(F)c2)cc1. The van der Waals surface area contributed by atoms with Gasteiger partial charge in [0.2, 0.25) is 0 Å². The lowest BCUT2D eigenvalue weighted by Gasteiger charge is -2.17. The van der Waals surface area contributed by atoms with Crippen molar-refractivity contribution in [3.05, 3.63) is 70.5 Å². The molecule has 0 atom stereocenters. The van der Waals surface area contributed by atoms with Crippen molar-refractivity contribution in [3.63, 3.8) is 0 Å². The first kappa shape index (κ1) is 20.4. The smallest absolute Gasteiger partial charge is 0.315 e. The van der Waals surface area contributed by atoms with Crippen LogP contribution in [0.1, 0.15) is 42.9 Å². The number of benzene rings is 2. The summed E-state index contributed by atoms with van der Waals surface area (Å²) in [7, 11) is 0. The molecule has 2 aromatic carbocycles. The van der Waals surface area contributed by atoms with Crippen molar-refractivity contribution in [1.29, 1.82) is 0 Å². The summed E-state index contributed by atoms with van der Waals surface area (Å²) in [5.74, 6) is -4.69. The van der Waals surface area contributed by atoms with Crippen molar-refractivity contribution < 1.29 is 26.7 Å². The molecule has 2 rings (SSSR count). The summed E-state index contributed by atoms with van der Waals surface area (Å²) in [6, 6.07) is 8.26. The monoisotopic (exact) mass is 372 g/mol. The van der Waals surface area contributed by atoms with Crippen LogP contribution in [0.15, 0.2) is 36.4 Å². The van der Waals surface area contributed by atoms with Gasteiger partial charge in [0.05, 0.1) is 13.0 Å². The third kappa shape index (κ3) is 6.09. The summed E-state index contributed by atoms with van der Waals surface area (Å²) in [5.41, 5.74) is 1.32. The summed E-state index contributed by atoms with van der Waals surface area (Å²) in [5, 5.41) is 0. The zero-order chi connectivity index (χ0) is 19.2. The molecule has 0 amide bonds. The first-order valence-electron chi connectivity index (χ1n) is 8.54. The molecule has 0 aromatic heterocycles. The molecule has 0 aliphatic heterocycles. The Labute approximate surface area is 149 Å². The molecule has 2 aromatic rings. The number of hydrogen-bond acceptors (Lipinski definition) is 1. The zero-order valence-electron chi connectivity index (χ0n) is 14.5. The van der Waals surface area contributed by atoms with E-state index in [0.717, 1.165) is 31.2 Å². The predicted molar refractivity (Wildman–Crippen MR) is 89.4 cm³/mol. The molecule has 0 radical (unpaired) electrons. The molecule has 0 aliphatic carbocycles. The third-order valence-electron chi connectivity index (χ3n) is 4.00. The Morgan fingerprint density at radius 3 is 2.00 bits per heavy atom. The highest BCUT2D eigenvalue weighted by atomic mass is 19.3. The van der Waals surface area contributed by atoms with Gasteiger partial charge in [-0.3, -0.25) is 0 Å². The number of halogens is 5. The number of aryl methyl sites for hydroxylation is 1.